The monoisotopic (exact) mass is 377 g/mol. The van der Waals surface area contributed by atoms with Gasteiger partial charge in [-0.2, -0.15) is 5.10 Å². The number of amides is 1. The summed E-state index contributed by atoms with van der Waals surface area (Å²) in [7, 11) is 1.89. The van der Waals surface area contributed by atoms with Crippen LogP contribution in [0.1, 0.15) is 21.5 Å². The number of nitrogens with zero attached hydrogens (tertiary/aromatic N) is 5. The highest BCUT2D eigenvalue weighted by Gasteiger charge is 2.22. The molecule has 0 aliphatic rings. The Bertz CT molecular complexity index is 1090. The molecule has 3 heterocycles. The van der Waals surface area contributed by atoms with E-state index >= 15 is 0 Å². The standard InChI is InChI=1S/C21H20FN5O/c1-25-11-12-27-20(25)19(14-24-27)21(28)26(15-17-3-2-9-23-13-17)10-8-16-4-6-18(22)7-5-16/h2-7,9,11-14H,8,10,15H2,1H3. The smallest absolute Gasteiger partial charge is 0.259 e. The number of benzene rings is 1. The van der Waals surface area contributed by atoms with Crippen LogP contribution < -0.4 is 0 Å². The van der Waals surface area contributed by atoms with Gasteiger partial charge in [0.05, 0.1) is 6.20 Å². The molecular formula is C21H20FN5O. The highest BCUT2D eigenvalue weighted by atomic mass is 19.1. The normalized spacial score (nSPS) is 11.1. The number of hydrogen-bond acceptors (Lipinski definition) is 3. The van der Waals surface area contributed by atoms with Gasteiger partial charge in [-0.3, -0.25) is 9.78 Å². The summed E-state index contributed by atoms with van der Waals surface area (Å²) in [5, 5.41) is 4.27. The third-order valence-corrected chi connectivity index (χ3v) is 4.73. The second-order valence-corrected chi connectivity index (χ2v) is 6.70. The Balaban J connectivity index is 1.60. The molecule has 0 bridgehead atoms. The lowest BCUT2D eigenvalue weighted by Crippen LogP contribution is -2.32. The van der Waals surface area contributed by atoms with E-state index < -0.39 is 0 Å². The Morgan fingerprint density at radius 3 is 2.68 bits per heavy atom. The molecule has 1 aromatic carbocycles. The van der Waals surface area contributed by atoms with Gasteiger partial charge in [-0.05, 0) is 35.7 Å². The summed E-state index contributed by atoms with van der Waals surface area (Å²) in [4.78, 5) is 19.3. The molecule has 0 saturated carbocycles. The number of halogens is 1. The van der Waals surface area contributed by atoms with Crippen molar-refractivity contribution in [2.45, 2.75) is 13.0 Å². The molecule has 0 fully saturated rings. The first-order chi connectivity index (χ1) is 13.6. The lowest BCUT2D eigenvalue weighted by Gasteiger charge is -2.22. The first kappa shape index (κ1) is 17.9. The fourth-order valence-corrected chi connectivity index (χ4v) is 3.25. The van der Waals surface area contributed by atoms with E-state index in [9.17, 15) is 9.18 Å². The van der Waals surface area contributed by atoms with Gasteiger partial charge < -0.3 is 9.47 Å². The van der Waals surface area contributed by atoms with Crippen molar-refractivity contribution in [2.75, 3.05) is 6.54 Å². The third-order valence-electron chi connectivity index (χ3n) is 4.73. The van der Waals surface area contributed by atoms with Crippen molar-refractivity contribution >= 4 is 11.6 Å². The van der Waals surface area contributed by atoms with Gasteiger partial charge in [-0.1, -0.05) is 18.2 Å². The van der Waals surface area contributed by atoms with Crippen molar-refractivity contribution in [3.63, 3.8) is 0 Å². The molecule has 0 spiro atoms. The van der Waals surface area contributed by atoms with Gasteiger partial charge in [0.15, 0.2) is 0 Å². The molecule has 0 saturated heterocycles. The van der Waals surface area contributed by atoms with E-state index in [4.69, 9.17) is 0 Å². The van der Waals surface area contributed by atoms with E-state index in [-0.39, 0.29) is 11.7 Å². The van der Waals surface area contributed by atoms with Crippen molar-refractivity contribution < 1.29 is 9.18 Å². The Morgan fingerprint density at radius 1 is 1.11 bits per heavy atom. The van der Waals surface area contributed by atoms with Crippen molar-refractivity contribution in [3.05, 3.63) is 89.9 Å². The summed E-state index contributed by atoms with van der Waals surface area (Å²) < 4.78 is 16.7. The number of carbonyl (C=O) groups is 1. The number of carbonyl (C=O) groups excluding carboxylic acids is 1. The van der Waals surface area contributed by atoms with Gasteiger partial charge in [-0.25, -0.2) is 8.91 Å². The van der Waals surface area contributed by atoms with Crippen LogP contribution in [0.4, 0.5) is 4.39 Å². The van der Waals surface area contributed by atoms with Crippen LogP contribution in [0.25, 0.3) is 5.65 Å². The topological polar surface area (TPSA) is 55.4 Å². The minimum absolute atomic E-state index is 0.0947. The molecule has 0 atom stereocenters. The molecule has 0 aliphatic heterocycles. The molecule has 28 heavy (non-hydrogen) atoms. The molecular weight excluding hydrogens is 357 g/mol. The molecule has 4 rings (SSSR count). The summed E-state index contributed by atoms with van der Waals surface area (Å²) in [5.41, 5.74) is 3.23. The molecule has 0 N–H and O–H groups in total. The molecule has 142 valence electrons. The van der Waals surface area contributed by atoms with E-state index in [2.05, 4.69) is 10.1 Å². The van der Waals surface area contributed by atoms with Crippen molar-refractivity contribution in [3.8, 4) is 0 Å². The Morgan fingerprint density at radius 2 is 1.93 bits per heavy atom. The minimum atomic E-state index is -0.266. The average molecular weight is 377 g/mol. The number of pyridine rings is 1. The van der Waals surface area contributed by atoms with Crippen LogP contribution in [0.5, 0.6) is 0 Å². The van der Waals surface area contributed by atoms with Crippen LogP contribution in [0.15, 0.2) is 67.4 Å². The fourth-order valence-electron chi connectivity index (χ4n) is 3.25. The number of hydrogen-bond donors (Lipinski definition) is 0. The highest BCUT2D eigenvalue weighted by Crippen LogP contribution is 2.16. The predicted molar refractivity (Wildman–Crippen MR) is 103 cm³/mol. The van der Waals surface area contributed by atoms with Gasteiger partial charge in [0.1, 0.15) is 17.0 Å². The first-order valence-corrected chi connectivity index (χ1v) is 9.03. The fraction of sp³-hybridized carbons (Fsp3) is 0.190. The van der Waals surface area contributed by atoms with E-state index in [1.54, 1.807) is 40.1 Å². The van der Waals surface area contributed by atoms with E-state index in [0.717, 1.165) is 16.8 Å². The van der Waals surface area contributed by atoms with Gasteiger partial charge >= 0.3 is 0 Å². The van der Waals surface area contributed by atoms with Crippen molar-refractivity contribution in [1.82, 2.24) is 24.1 Å². The largest absolute Gasteiger partial charge is 0.334 e. The SMILES string of the molecule is Cn1ccn2ncc(C(=O)N(CCc3ccc(F)cc3)Cc3cccnc3)c12. The minimum Gasteiger partial charge on any atom is -0.334 e. The maximum atomic E-state index is 13.3. The second-order valence-electron chi connectivity index (χ2n) is 6.70. The summed E-state index contributed by atoms with van der Waals surface area (Å²) in [6.07, 6.45) is 9.38. The molecule has 4 aromatic rings. The van der Waals surface area contributed by atoms with Crippen molar-refractivity contribution in [1.29, 1.82) is 0 Å². The van der Waals surface area contributed by atoms with Crippen LogP contribution in [-0.2, 0) is 20.0 Å². The summed E-state index contributed by atoms with van der Waals surface area (Å²) in [5.74, 6) is -0.360. The number of aromatic nitrogens is 4. The van der Waals surface area contributed by atoms with Crippen LogP contribution in [0, 0.1) is 5.82 Å². The third kappa shape index (κ3) is 3.64. The zero-order valence-electron chi connectivity index (χ0n) is 15.5. The molecule has 3 aromatic heterocycles. The van der Waals surface area contributed by atoms with Crippen LogP contribution >= 0.6 is 0 Å². The number of aryl methyl sites for hydroxylation is 1. The first-order valence-electron chi connectivity index (χ1n) is 9.03. The molecule has 0 aliphatic carbocycles. The maximum absolute atomic E-state index is 13.3. The van der Waals surface area contributed by atoms with E-state index in [1.807, 2.05) is 36.1 Å². The Kier molecular flexibility index (Phi) is 4.89. The quantitative estimate of drug-likeness (QED) is 0.519. The van der Waals surface area contributed by atoms with Crippen LogP contribution in [0.3, 0.4) is 0 Å². The summed E-state index contributed by atoms with van der Waals surface area (Å²) in [6.45, 7) is 0.941. The van der Waals surface area contributed by atoms with E-state index in [1.165, 1.54) is 12.1 Å². The van der Waals surface area contributed by atoms with Gasteiger partial charge in [0.25, 0.3) is 5.91 Å². The highest BCUT2D eigenvalue weighted by molar-refractivity contribution is 5.99. The number of imidazole rings is 1. The zero-order chi connectivity index (χ0) is 19.5. The zero-order valence-corrected chi connectivity index (χ0v) is 15.5. The summed E-state index contributed by atoms with van der Waals surface area (Å²) in [6, 6.07) is 10.2. The second kappa shape index (κ2) is 7.64. The van der Waals surface area contributed by atoms with Crippen molar-refractivity contribution in [2.24, 2.45) is 7.05 Å². The van der Waals surface area contributed by atoms with E-state index in [0.29, 0.717) is 25.1 Å². The molecule has 0 radical (unpaired) electrons. The van der Waals surface area contributed by atoms with Gasteiger partial charge in [0, 0.05) is 44.9 Å². The Hall–Kier alpha value is -3.48. The molecule has 1 amide bonds. The number of fused-ring (bicyclic) bond motifs is 1. The predicted octanol–water partition coefficient (Wildman–Crippen LogP) is 3.09. The molecule has 0 unspecified atom stereocenters. The molecule has 6 nitrogen and oxygen atoms in total. The Labute approximate surface area is 161 Å². The van der Waals surface area contributed by atoms with Gasteiger partial charge in [-0.15, -0.1) is 0 Å². The van der Waals surface area contributed by atoms with Gasteiger partial charge in [0.2, 0.25) is 0 Å². The van der Waals surface area contributed by atoms with Crippen LogP contribution in [0.2, 0.25) is 0 Å². The number of rotatable bonds is 6. The molecule has 7 heteroatoms. The van der Waals surface area contributed by atoms with Crippen LogP contribution in [-0.4, -0.2) is 36.5 Å². The average Bonchev–Trinajstić information content (AvgIpc) is 3.30. The summed E-state index contributed by atoms with van der Waals surface area (Å²) >= 11 is 0. The maximum Gasteiger partial charge on any atom is 0.259 e. The lowest BCUT2D eigenvalue weighted by molar-refractivity contribution is 0.0746. The lowest BCUT2D eigenvalue weighted by atomic mass is 10.1.